The van der Waals surface area contributed by atoms with Crippen molar-refractivity contribution in [3.63, 3.8) is 0 Å². The van der Waals surface area contributed by atoms with Gasteiger partial charge in [-0.15, -0.1) is 0 Å². The van der Waals surface area contributed by atoms with E-state index in [4.69, 9.17) is 14.2 Å². The van der Waals surface area contributed by atoms with Gasteiger partial charge in [0.1, 0.15) is 12.2 Å². The van der Waals surface area contributed by atoms with Gasteiger partial charge < -0.3 is 24.4 Å². The number of benzene rings is 2. The molecule has 33 heavy (non-hydrogen) atoms. The van der Waals surface area contributed by atoms with Crippen LogP contribution in [0.3, 0.4) is 0 Å². The summed E-state index contributed by atoms with van der Waals surface area (Å²) >= 11 is 0. The highest BCUT2D eigenvalue weighted by Gasteiger charge is 2.36. The van der Waals surface area contributed by atoms with Gasteiger partial charge in [-0.2, -0.15) is 0 Å². The van der Waals surface area contributed by atoms with Crippen LogP contribution < -0.4 is 0 Å². The van der Waals surface area contributed by atoms with Crippen LogP contribution in [-0.2, 0) is 35.0 Å². The lowest BCUT2D eigenvalue weighted by atomic mass is 10.0. The van der Waals surface area contributed by atoms with Crippen molar-refractivity contribution in [3.8, 4) is 0 Å². The summed E-state index contributed by atoms with van der Waals surface area (Å²) in [5.74, 6) is -3.78. The van der Waals surface area contributed by atoms with Crippen LogP contribution >= 0.6 is 0 Å². The van der Waals surface area contributed by atoms with E-state index < -0.39 is 42.3 Å². The van der Waals surface area contributed by atoms with Crippen LogP contribution in [0.4, 0.5) is 0 Å². The van der Waals surface area contributed by atoms with E-state index in [2.05, 4.69) is 30.3 Å². The summed E-state index contributed by atoms with van der Waals surface area (Å²) in [6.45, 7) is 4.34. The maximum atomic E-state index is 11.8. The largest absolute Gasteiger partial charge is 0.479 e. The molecule has 8 nitrogen and oxygen atoms in total. The number of ether oxygens (including phenoxy) is 3. The maximum Gasteiger partial charge on any atom is 0.336 e. The molecule has 0 heterocycles. The molecule has 0 aliphatic heterocycles. The van der Waals surface area contributed by atoms with Gasteiger partial charge in [0.15, 0.2) is 12.2 Å². The number of fused-ring (bicyclic) bond motifs is 1. The predicted octanol–water partition coefficient (Wildman–Crippen LogP) is 3.83. The number of carboxylic acids is 2. The lowest BCUT2D eigenvalue weighted by molar-refractivity contribution is -0.183. The van der Waals surface area contributed by atoms with Gasteiger partial charge >= 0.3 is 17.9 Å². The fourth-order valence-corrected chi connectivity index (χ4v) is 3.32. The predicted molar refractivity (Wildman–Crippen MR) is 122 cm³/mol. The first kappa shape index (κ1) is 26.3. The molecule has 0 aliphatic carbocycles. The maximum absolute atomic E-state index is 11.8. The summed E-state index contributed by atoms with van der Waals surface area (Å²) in [5.41, 5.74) is 0.453. The Bertz CT molecular complexity index is 947. The molecular formula is C25H32O8. The molecule has 2 aromatic rings. The zero-order valence-corrected chi connectivity index (χ0v) is 19.3. The number of unbranched alkanes of at least 4 members (excludes halogenated alkanes) is 2. The van der Waals surface area contributed by atoms with Crippen LogP contribution in [-0.4, -0.2) is 59.1 Å². The number of aliphatic carboxylic acids is 2. The van der Waals surface area contributed by atoms with Crippen LogP contribution in [0.25, 0.3) is 10.8 Å². The highest BCUT2D eigenvalue weighted by atomic mass is 16.6. The molecule has 0 radical (unpaired) electrons. The van der Waals surface area contributed by atoms with Gasteiger partial charge in [0.2, 0.25) is 0 Å². The monoisotopic (exact) mass is 460 g/mol. The minimum absolute atomic E-state index is 0.0638. The number of carbonyl (C=O) groups is 3. The fourth-order valence-electron chi connectivity index (χ4n) is 3.32. The molecule has 2 N–H and O–H groups in total. The normalized spacial score (nSPS) is 13.4. The van der Waals surface area contributed by atoms with Crippen LogP contribution in [0, 0.1) is 0 Å². The molecule has 0 amide bonds. The van der Waals surface area contributed by atoms with E-state index >= 15 is 0 Å². The molecule has 0 saturated heterocycles. The van der Waals surface area contributed by atoms with Crippen molar-refractivity contribution in [1.82, 2.24) is 0 Å². The third-order valence-corrected chi connectivity index (χ3v) is 4.78. The second-order valence-corrected chi connectivity index (χ2v) is 8.78. The van der Waals surface area contributed by atoms with Crippen molar-refractivity contribution in [1.29, 1.82) is 0 Å². The molecule has 2 rings (SSSR count). The van der Waals surface area contributed by atoms with E-state index in [-0.39, 0.29) is 6.61 Å². The Balaban J connectivity index is 1.78. The smallest absolute Gasteiger partial charge is 0.336 e. The number of esters is 1. The van der Waals surface area contributed by atoms with E-state index in [0.717, 1.165) is 19.3 Å². The fraction of sp³-hybridized carbons (Fsp3) is 0.480. The Hall–Kier alpha value is -2.97. The molecule has 0 spiro atoms. The number of carbonyl (C=O) groups excluding carboxylic acids is 1. The molecular weight excluding hydrogens is 428 g/mol. The van der Waals surface area contributed by atoms with E-state index in [1.54, 1.807) is 20.8 Å². The van der Waals surface area contributed by atoms with Crippen LogP contribution in [0.2, 0.25) is 0 Å². The SMILES string of the molecule is CC(C)(C)OC(=O)CO[C@@H](C(=O)O)[C@@H](OCCCCCc1ccc2ccccc2c1)C(=O)O. The second-order valence-electron chi connectivity index (χ2n) is 8.78. The van der Waals surface area contributed by atoms with E-state index in [1.165, 1.54) is 16.3 Å². The van der Waals surface area contributed by atoms with Gasteiger partial charge in [-0.1, -0.05) is 48.9 Å². The van der Waals surface area contributed by atoms with Gasteiger partial charge in [0, 0.05) is 6.61 Å². The van der Waals surface area contributed by atoms with Crippen molar-refractivity contribution in [3.05, 3.63) is 48.0 Å². The van der Waals surface area contributed by atoms with Gasteiger partial charge in [-0.25, -0.2) is 14.4 Å². The standard InChI is InChI=1S/C25H32O8/c1-25(2,3)33-20(26)16-32-22(24(29)30)21(23(27)28)31-14-8-4-5-9-17-12-13-18-10-6-7-11-19(18)15-17/h6-7,10-13,15,21-22H,4-5,8-9,14,16H2,1-3H3,(H,27,28)(H,29,30)/t21-,22-/m1/s1. The highest BCUT2D eigenvalue weighted by molar-refractivity contribution is 5.84. The lowest BCUT2D eigenvalue weighted by Gasteiger charge is -2.23. The average Bonchev–Trinajstić information content (AvgIpc) is 2.72. The number of carboxylic acid groups (broad SMARTS) is 2. The van der Waals surface area contributed by atoms with Crippen molar-refractivity contribution in [2.45, 2.75) is 64.3 Å². The van der Waals surface area contributed by atoms with Crippen molar-refractivity contribution in [2.24, 2.45) is 0 Å². The molecule has 2 aromatic carbocycles. The summed E-state index contributed by atoms with van der Waals surface area (Å²) in [6, 6.07) is 14.5. The molecule has 0 unspecified atom stereocenters. The Labute approximate surface area is 193 Å². The molecule has 0 aromatic heterocycles. The molecule has 2 atom stereocenters. The molecule has 0 aliphatic rings. The van der Waals surface area contributed by atoms with E-state index in [9.17, 15) is 24.6 Å². The second kappa shape index (κ2) is 12.3. The Morgan fingerprint density at radius 2 is 1.48 bits per heavy atom. The number of aryl methyl sites for hydroxylation is 1. The van der Waals surface area contributed by atoms with Gasteiger partial charge in [-0.05, 0) is 56.4 Å². The first-order valence-corrected chi connectivity index (χ1v) is 10.9. The number of rotatable bonds is 13. The van der Waals surface area contributed by atoms with Crippen LogP contribution in [0.5, 0.6) is 0 Å². The van der Waals surface area contributed by atoms with Crippen LogP contribution in [0.1, 0.15) is 45.6 Å². The Morgan fingerprint density at radius 1 is 0.848 bits per heavy atom. The first-order chi connectivity index (χ1) is 15.6. The third-order valence-electron chi connectivity index (χ3n) is 4.78. The molecule has 180 valence electrons. The molecule has 0 bridgehead atoms. The minimum atomic E-state index is -1.83. The van der Waals surface area contributed by atoms with E-state index in [0.29, 0.717) is 6.42 Å². The molecule has 0 fully saturated rings. The number of hydrogen-bond acceptors (Lipinski definition) is 6. The average molecular weight is 461 g/mol. The third kappa shape index (κ3) is 9.19. The van der Waals surface area contributed by atoms with Crippen molar-refractivity contribution >= 4 is 28.7 Å². The highest BCUT2D eigenvalue weighted by Crippen LogP contribution is 2.17. The summed E-state index contributed by atoms with van der Waals surface area (Å²) < 4.78 is 15.4. The van der Waals surface area contributed by atoms with Crippen molar-refractivity contribution < 1.29 is 38.8 Å². The molecule has 8 heteroatoms. The minimum Gasteiger partial charge on any atom is -0.479 e. The quantitative estimate of drug-likeness (QED) is 0.342. The zero-order valence-electron chi connectivity index (χ0n) is 19.3. The van der Waals surface area contributed by atoms with Gasteiger partial charge in [0.05, 0.1) is 0 Å². The summed E-state index contributed by atoms with van der Waals surface area (Å²) in [6.07, 6.45) is -0.440. The first-order valence-electron chi connectivity index (χ1n) is 10.9. The molecule has 0 saturated carbocycles. The van der Waals surface area contributed by atoms with Gasteiger partial charge in [0.25, 0.3) is 0 Å². The summed E-state index contributed by atoms with van der Waals surface area (Å²) in [5, 5.41) is 21.1. The Morgan fingerprint density at radius 3 is 2.12 bits per heavy atom. The lowest BCUT2D eigenvalue weighted by Crippen LogP contribution is -2.45. The Kier molecular flexibility index (Phi) is 9.81. The van der Waals surface area contributed by atoms with E-state index in [1.807, 2.05) is 12.1 Å². The summed E-state index contributed by atoms with van der Waals surface area (Å²) in [4.78, 5) is 34.8. The number of hydrogen-bond donors (Lipinski definition) is 2. The van der Waals surface area contributed by atoms with Gasteiger partial charge in [-0.3, -0.25) is 0 Å². The topological polar surface area (TPSA) is 119 Å². The zero-order chi connectivity index (χ0) is 24.4. The summed E-state index contributed by atoms with van der Waals surface area (Å²) in [7, 11) is 0. The van der Waals surface area contributed by atoms with Crippen molar-refractivity contribution in [2.75, 3.05) is 13.2 Å². The van der Waals surface area contributed by atoms with Crippen LogP contribution in [0.15, 0.2) is 42.5 Å².